The van der Waals surface area contributed by atoms with E-state index in [9.17, 15) is 4.79 Å². The molecule has 0 spiro atoms. The molecular formula is C7H13NO2. The highest BCUT2D eigenvalue weighted by Gasteiger charge is 2.11. The SMILES string of the molecule is CC(=O)ON1CCCCC1. The van der Waals surface area contributed by atoms with Crippen LogP contribution in [0, 0.1) is 0 Å². The molecule has 3 heteroatoms. The molecule has 0 aromatic heterocycles. The third kappa shape index (κ3) is 2.35. The Morgan fingerprint density at radius 3 is 2.40 bits per heavy atom. The number of hydrogen-bond donors (Lipinski definition) is 0. The van der Waals surface area contributed by atoms with Gasteiger partial charge >= 0.3 is 5.97 Å². The van der Waals surface area contributed by atoms with E-state index in [2.05, 4.69) is 0 Å². The van der Waals surface area contributed by atoms with Crippen molar-refractivity contribution in [2.24, 2.45) is 0 Å². The van der Waals surface area contributed by atoms with E-state index < -0.39 is 0 Å². The van der Waals surface area contributed by atoms with Crippen LogP contribution >= 0.6 is 0 Å². The normalized spacial score (nSPS) is 20.5. The van der Waals surface area contributed by atoms with E-state index in [1.807, 2.05) is 0 Å². The van der Waals surface area contributed by atoms with Crippen molar-refractivity contribution >= 4 is 5.97 Å². The first-order chi connectivity index (χ1) is 4.79. The van der Waals surface area contributed by atoms with Crippen molar-refractivity contribution in [2.75, 3.05) is 13.1 Å². The standard InChI is InChI=1S/C7H13NO2/c1-7(9)10-8-5-3-2-4-6-8/h2-6H2,1H3. The maximum atomic E-state index is 10.4. The number of rotatable bonds is 1. The van der Waals surface area contributed by atoms with Crippen LogP contribution in [0.25, 0.3) is 0 Å². The van der Waals surface area contributed by atoms with Crippen LogP contribution in [0.5, 0.6) is 0 Å². The van der Waals surface area contributed by atoms with Crippen LogP contribution in [0.3, 0.4) is 0 Å². The zero-order valence-corrected chi connectivity index (χ0v) is 6.30. The molecule has 1 fully saturated rings. The summed E-state index contributed by atoms with van der Waals surface area (Å²) >= 11 is 0. The molecule has 0 atom stereocenters. The number of hydroxylamine groups is 2. The molecule has 1 aliphatic rings. The molecule has 0 unspecified atom stereocenters. The Hall–Kier alpha value is -0.570. The molecule has 0 aliphatic carbocycles. The Kier molecular flexibility index (Phi) is 2.68. The molecule has 0 saturated carbocycles. The molecule has 10 heavy (non-hydrogen) atoms. The predicted octanol–water partition coefficient (Wildman–Crippen LogP) is 0.950. The lowest BCUT2D eigenvalue weighted by atomic mass is 10.2. The van der Waals surface area contributed by atoms with Gasteiger partial charge in [-0.1, -0.05) is 6.42 Å². The van der Waals surface area contributed by atoms with Gasteiger partial charge in [0.1, 0.15) is 0 Å². The Balaban J connectivity index is 2.19. The molecule has 58 valence electrons. The molecule has 1 rings (SSSR count). The van der Waals surface area contributed by atoms with Gasteiger partial charge in [0.05, 0.1) is 0 Å². The van der Waals surface area contributed by atoms with Gasteiger partial charge in [-0.3, -0.25) is 4.79 Å². The van der Waals surface area contributed by atoms with Crippen LogP contribution in [0.4, 0.5) is 0 Å². The second-order valence-corrected chi connectivity index (χ2v) is 2.57. The van der Waals surface area contributed by atoms with Crippen LogP contribution < -0.4 is 0 Å². The highest BCUT2D eigenvalue weighted by atomic mass is 16.7. The van der Waals surface area contributed by atoms with E-state index in [1.165, 1.54) is 13.3 Å². The third-order valence-electron chi connectivity index (χ3n) is 1.57. The van der Waals surface area contributed by atoms with Gasteiger partial charge in [0.15, 0.2) is 0 Å². The predicted molar refractivity (Wildman–Crippen MR) is 37.2 cm³/mol. The molecule has 1 aliphatic heterocycles. The van der Waals surface area contributed by atoms with Crippen molar-refractivity contribution in [1.82, 2.24) is 5.06 Å². The molecular weight excluding hydrogens is 130 g/mol. The summed E-state index contributed by atoms with van der Waals surface area (Å²) in [6.45, 7) is 3.24. The summed E-state index contributed by atoms with van der Waals surface area (Å²) in [5.74, 6) is -0.207. The van der Waals surface area contributed by atoms with Crippen molar-refractivity contribution in [3.63, 3.8) is 0 Å². The lowest BCUT2D eigenvalue weighted by Gasteiger charge is -2.23. The van der Waals surface area contributed by atoms with Gasteiger partial charge in [-0.15, -0.1) is 5.06 Å². The van der Waals surface area contributed by atoms with Gasteiger partial charge in [0.25, 0.3) is 0 Å². The second kappa shape index (κ2) is 3.56. The second-order valence-electron chi connectivity index (χ2n) is 2.57. The first-order valence-electron chi connectivity index (χ1n) is 3.72. The first-order valence-corrected chi connectivity index (χ1v) is 3.72. The maximum absolute atomic E-state index is 10.4. The molecule has 1 saturated heterocycles. The lowest BCUT2D eigenvalue weighted by molar-refractivity contribution is -0.191. The van der Waals surface area contributed by atoms with E-state index >= 15 is 0 Å². The number of carbonyl (C=O) groups is 1. The quantitative estimate of drug-likeness (QED) is 0.547. The topological polar surface area (TPSA) is 29.5 Å². The van der Waals surface area contributed by atoms with Crippen molar-refractivity contribution in [2.45, 2.75) is 26.2 Å². The summed E-state index contributed by atoms with van der Waals surface area (Å²) in [6.07, 6.45) is 3.55. The summed E-state index contributed by atoms with van der Waals surface area (Å²) < 4.78 is 0. The number of carbonyl (C=O) groups excluding carboxylic acids is 1. The summed E-state index contributed by atoms with van der Waals surface area (Å²) in [5, 5.41) is 1.74. The van der Waals surface area contributed by atoms with E-state index in [1.54, 1.807) is 5.06 Å². The Morgan fingerprint density at radius 1 is 1.30 bits per heavy atom. The van der Waals surface area contributed by atoms with E-state index in [0.29, 0.717) is 0 Å². The van der Waals surface area contributed by atoms with Crippen LogP contribution in [0.2, 0.25) is 0 Å². The highest BCUT2D eigenvalue weighted by molar-refractivity contribution is 5.65. The number of nitrogens with zero attached hydrogens (tertiary/aromatic N) is 1. The smallest absolute Gasteiger partial charge is 0.322 e. The van der Waals surface area contributed by atoms with Crippen molar-refractivity contribution in [1.29, 1.82) is 0 Å². The fourth-order valence-corrected chi connectivity index (χ4v) is 1.14. The largest absolute Gasteiger partial charge is 0.368 e. The highest BCUT2D eigenvalue weighted by Crippen LogP contribution is 2.08. The van der Waals surface area contributed by atoms with Gasteiger partial charge in [-0.25, -0.2) is 0 Å². The van der Waals surface area contributed by atoms with Gasteiger partial charge in [0, 0.05) is 20.0 Å². The maximum Gasteiger partial charge on any atom is 0.322 e. The number of piperidine rings is 1. The molecule has 3 nitrogen and oxygen atoms in total. The zero-order valence-electron chi connectivity index (χ0n) is 6.30. The molecule has 0 bridgehead atoms. The molecule has 1 heterocycles. The molecule has 0 N–H and O–H groups in total. The third-order valence-corrected chi connectivity index (χ3v) is 1.57. The molecule has 0 aromatic carbocycles. The van der Waals surface area contributed by atoms with E-state index in [0.717, 1.165) is 25.9 Å². The van der Waals surface area contributed by atoms with Gasteiger partial charge in [0.2, 0.25) is 0 Å². The van der Waals surface area contributed by atoms with Crippen LogP contribution in [-0.4, -0.2) is 24.1 Å². The minimum absolute atomic E-state index is 0.207. The average molecular weight is 143 g/mol. The van der Waals surface area contributed by atoms with Gasteiger partial charge in [-0.2, -0.15) is 0 Å². The van der Waals surface area contributed by atoms with Crippen LogP contribution in [-0.2, 0) is 9.63 Å². The van der Waals surface area contributed by atoms with Crippen molar-refractivity contribution < 1.29 is 9.63 Å². The monoisotopic (exact) mass is 143 g/mol. The summed E-state index contributed by atoms with van der Waals surface area (Å²) in [7, 11) is 0. The minimum Gasteiger partial charge on any atom is -0.368 e. The van der Waals surface area contributed by atoms with Crippen molar-refractivity contribution in [3.05, 3.63) is 0 Å². The zero-order chi connectivity index (χ0) is 7.40. The van der Waals surface area contributed by atoms with E-state index in [4.69, 9.17) is 4.84 Å². The fourth-order valence-electron chi connectivity index (χ4n) is 1.14. The Bertz CT molecular complexity index is 119. The Labute approximate surface area is 60.9 Å². The summed E-state index contributed by atoms with van der Waals surface area (Å²) in [4.78, 5) is 15.3. The average Bonchev–Trinajstić information content (AvgIpc) is 1.88. The minimum atomic E-state index is -0.207. The summed E-state index contributed by atoms with van der Waals surface area (Å²) in [5.41, 5.74) is 0. The van der Waals surface area contributed by atoms with Crippen molar-refractivity contribution in [3.8, 4) is 0 Å². The number of hydrogen-bond acceptors (Lipinski definition) is 3. The molecule has 0 aromatic rings. The van der Waals surface area contributed by atoms with Crippen LogP contribution in [0.1, 0.15) is 26.2 Å². The lowest BCUT2D eigenvalue weighted by Crippen LogP contribution is -2.31. The Morgan fingerprint density at radius 2 is 1.90 bits per heavy atom. The molecule has 0 amide bonds. The fraction of sp³-hybridized carbons (Fsp3) is 0.857. The van der Waals surface area contributed by atoms with E-state index in [-0.39, 0.29) is 5.97 Å². The van der Waals surface area contributed by atoms with Crippen LogP contribution in [0.15, 0.2) is 0 Å². The summed E-state index contributed by atoms with van der Waals surface area (Å²) in [6, 6.07) is 0. The first kappa shape index (κ1) is 7.54. The molecule has 0 radical (unpaired) electrons. The van der Waals surface area contributed by atoms with Gasteiger partial charge < -0.3 is 4.84 Å². The van der Waals surface area contributed by atoms with Gasteiger partial charge in [-0.05, 0) is 12.8 Å².